The van der Waals surface area contributed by atoms with Gasteiger partial charge in [-0.3, -0.25) is 4.79 Å². The summed E-state index contributed by atoms with van der Waals surface area (Å²) in [5.74, 6) is -0.276. The van der Waals surface area contributed by atoms with Crippen molar-refractivity contribution in [2.45, 2.75) is 148 Å². The zero-order valence-electron chi connectivity index (χ0n) is 22.4. The minimum absolute atomic E-state index is 0.276. The second kappa shape index (κ2) is 23.4. The third kappa shape index (κ3) is 19.0. The molecule has 196 valence electrons. The van der Waals surface area contributed by atoms with Gasteiger partial charge in [0.2, 0.25) is 0 Å². The lowest BCUT2D eigenvalue weighted by molar-refractivity contribution is -0.145. The number of benzene rings is 1. The van der Waals surface area contributed by atoms with Crippen molar-refractivity contribution in [3.8, 4) is 0 Å². The van der Waals surface area contributed by atoms with Crippen molar-refractivity contribution >= 4 is 5.97 Å². The van der Waals surface area contributed by atoms with E-state index in [2.05, 4.69) is 6.92 Å². The van der Waals surface area contributed by atoms with Crippen LogP contribution in [0.4, 0.5) is 0 Å². The molecule has 0 fully saturated rings. The first kappa shape index (κ1) is 30.7. The van der Waals surface area contributed by atoms with Gasteiger partial charge in [0.15, 0.2) is 0 Å². The fourth-order valence-electron chi connectivity index (χ4n) is 4.59. The highest BCUT2D eigenvalue weighted by atomic mass is 16.5. The van der Waals surface area contributed by atoms with Crippen molar-refractivity contribution in [2.75, 3.05) is 6.61 Å². The van der Waals surface area contributed by atoms with Gasteiger partial charge < -0.3 is 10.5 Å². The molecule has 0 aliphatic heterocycles. The van der Waals surface area contributed by atoms with Gasteiger partial charge in [-0.25, -0.2) is 0 Å². The Kier molecular flexibility index (Phi) is 21.1. The zero-order valence-corrected chi connectivity index (χ0v) is 22.4. The Morgan fingerprint density at radius 1 is 0.647 bits per heavy atom. The molecule has 1 unspecified atom stereocenters. The number of hydrogen-bond acceptors (Lipinski definition) is 3. The predicted molar refractivity (Wildman–Crippen MR) is 147 cm³/mol. The summed E-state index contributed by atoms with van der Waals surface area (Å²) in [6.07, 6.45) is 27.9. The van der Waals surface area contributed by atoms with Gasteiger partial charge in [-0.05, 0) is 18.4 Å². The summed E-state index contributed by atoms with van der Waals surface area (Å²) in [7, 11) is 0. The quantitative estimate of drug-likeness (QED) is 0.120. The number of unbranched alkanes of at least 4 members (excludes halogenated alkanes) is 19. The molecule has 0 radical (unpaired) electrons. The molecule has 0 aromatic heterocycles. The first-order chi connectivity index (χ1) is 16.7. The molecule has 0 aliphatic carbocycles. The Morgan fingerprint density at radius 3 is 1.44 bits per heavy atom. The van der Waals surface area contributed by atoms with E-state index in [1.165, 1.54) is 116 Å². The maximum atomic E-state index is 12.0. The van der Waals surface area contributed by atoms with Crippen LogP contribution >= 0.6 is 0 Å². The van der Waals surface area contributed by atoms with Crippen LogP contribution < -0.4 is 5.73 Å². The standard InChI is InChI=1S/C31H55NO2/c1-2-3-4-5-6-7-8-9-10-11-12-13-14-15-16-17-18-19-20-24-27-34-31(33)30(32)28-29-25-22-21-23-26-29/h21-23,25-26,30H,2-20,24,27-28,32H2,1H3. The average molecular weight is 474 g/mol. The van der Waals surface area contributed by atoms with Crippen molar-refractivity contribution in [1.82, 2.24) is 0 Å². The fourth-order valence-corrected chi connectivity index (χ4v) is 4.59. The molecule has 3 heteroatoms. The highest BCUT2D eigenvalue weighted by Crippen LogP contribution is 2.15. The normalized spacial score (nSPS) is 12.1. The van der Waals surface area contributed by atoms with Gasteiger partial charge in [-0.1, -0.05) is 159 Å². The van der Waals surface area contributed by atoms with E-state index in [4.69, 9.17) is 10.5 Å². The maximum Gasteiger partial charge on any atom is 0.323 e. The number of carbonyl (C=O) groups is 1. The van der Waals surface area contributed by atoms with E-state index in [1.54, 1.807) is 0 Å². The molecule has 0 heterocycles. The summed E-state index contributed by atoms with van der Waals surface area (Å²) >= 11 is 0. The molecule has 0 spiro atoms. The van der Waals surface area contributed by atoms with Gasteiger partial charge in [-0.2, -0.15) is 0 Å². The summed E-state index contributed by atoms with van der Waals surface area (Å²) in [5, 5.41) is 0. The molecule has 1 atom stereocenters. The Hall–Kier alpha value is -1.35. The van der Waals surface area contributed by atoms with Crippen molar-refractivity contribution < 1.29 is 9.53 Å². The van der Waals surface area contributed by atoms with Gasteiger partial charge in [0.05, 0.1) is 6.61 Å². The molecule has 0 saturated heterocycles. The molecular weight excluding hydrogens is 418 g/mol. The molecule has 1 aromatic rings. The van der Waals surface area contributed by atoms with Gasteiger partial charge in [0.25, 0.3) is 0 Å². The van der Waals surface area contributed by atoms with Gasteiger partial charge in [0.1, 0.15) is 6.04 Å². The lowest BCUT2D eigenvalue weighted by Gasteiger charge is -2.11. The molecule has 0 saturated carbocycles. The van der Waals surface area contributed by atoms with Crippen LogP contribution in [0.1, 0.15) is 141 Å². The second-order valence-electron chi connectivity index (χ2n) is 10.2. The van der Waals surface area contributed by atoms with E-state index in [1.807, 2.05) is 30.3 Å². The highest BCUT2D eigenvalue weighted by Gasteiger charge is 2.15. The van der Waals surface area contributed by atoms with E-state index in [-0.39, 0.29) is 5.97 Å². The largest absolute Gasteiger partial charge is 0.465 e. The number of esters is 1. The van der Waals surface area contributed by atoms with Crippen LogP contribution in [0.3, 0.4) is 0 Å². The minimum atomic E-state index is -0.562. The van der Waals surface area contributed by atoms with E-state index in [9.17, 15) is 4.79 Å². The Balaban J connectivity index is 1.75. The summed E-state index contributed by atoms with van der Waals surface area (Å²) in [6, 6.07) is 9.32. The van der Waals surface area contributed by atoms with Crippen LogP contribution in [0.25, 0.3) is 0 Å². The Morgan fingerprint density at radius 2 is 1.03 bits per heavy atom. The first-order valence-corrected chi connectivity index (χ1v) is 14.7. The summed E-state index contributed by atoms with van der Waals surface area (Å²) in [4.78, 5) is 12.0. The van der Waals surface area contributed by atoms with Crippen molar-refractivity contribution in [3.05, 3.63) is 35.9 Å². The van der Waals surface area contributed by atoms with E-state index in [0.29, 0.717) is 13.0 Å². The van der Waals surface area contributed by atoms with Crippen molar-refractivity contribution in [3.63, 3.8) is 0 Å². The zero-order chi connectivity index (χ0) is 24.5. The summed E-state index contributed by atoms with van der Waals surface area (Å²) < 4.78 is 5.35. The average Bonchev–Trinajstić information content (AvgIpc) is 2.85. The van der Waals surface area contributed by atoms with Crippen LogP contribution in [0.15, 0.2) is 30.3 Å². The summed E-state index contributed by atoms with van der Waals surface area (Å²) in [6.45, 7) is 2.79. The lowest BCUT2D eigenvalue weighted by Crippen LogP contribution is -2.34. The van der Waals surface area contributed by atoms with Crippen LogP contribution in [-0.2, 0) is 16.0 Å². The number of rotatable bonds is 24. The maximum absolute atomic E-state index is 12.0. The molecule has 1 rings (SSSR count). The smallest absolute Gasteiger partial charge is 0.323 e. The second-order valence-corrected chi connectivity index (χ2v) is 10.2. The topological polar surface area (TPSA) is 52.3 Å². The lowest BCUT2D eigenvalue weighted by atomic mass is 10.0. The number of ether oxygens (including phenoxy) is 1. The highest BCUT2D eigenvalue weighted by molar-refractivity contribution is 5.75. The van der Waals surface area contributed by atoms with E-state index < -0.39 is 6.04 Å². The van der Waals surface area contributed by atoms with Crippen LogP contribution in [0.2, 0.25) is 0 Å². The van der Waals surface area contributed by atoms with Crippen LogP contribution in [0, 0.1) is 0 Å². The monoisotopic (exact) mass is 473 g/mol. The van der Waals surface area contributed by atoms with Gasteiger partial charge in [0, 0.05) is 0 Å². The molecule has 1 aromatic carbocycles. The third-order valence-corrected chi connectivity index (χ3v) is 6.84. The fraction of sp³-hybridized carbons (Fsp3) is 0.774. The molecule has 2 N–H and O–H groups in total. The SMILES string of the molecule is CCCCCCCCCCCCCCCCCCCCCCOC(=O)C(N)Cc1ccccc1. The number of hydrogen-bond donors (Lipinski definition) is 1. The van der Waals surface area contributed by atoms with E-state index in [0.717, 1.165) is 18.4 Å². The number of nitrogens with two attached hydrogens (primary N) is 1. The molecule has 0 amide bonds. The van der Waals surface area contributed by atoms with Crippen molar-refractivity contribution in [2.24, 2.45) is 5.73 Å². The van der Waals surface area contributed by atoms with Gasteiger partial charge >= 0.3 is 5.97 Å². The van der Waals surface area contributed by atoms with Crippen LogP contribution in [-0.4, -0.2) is 18.6 Å². The minimum Gasteiger partial charge on any atom is -0.465 e. The van der Waals surface area contributed by atoms with Crippen LogP contribution in [0.5, 0.6) is 0 Å². The van der Waals surface area contributed by atoms with Gasteiger partial charge in [-0.15, -0.1) is 0 Å². The van der Waals surface area contributed by atoms with Crippen molar-refractivity contribution in [1.29, 1.82) is 0 Å². The molecule has 34 heavy (non-hydrogen) atoms. The number of carbonyl (C=O) groups excluding carboxylic acids is 1. The third-order valence-electron chi connectivity index (χ3n) is 6.84. The Bertz CT molecular complexity index is 560. The summed E-state index contributed by atoms with van der Waals surface area (Å²) in [5.41, 5.74) is 7.04. The molecule has 0 bridgehead atoms. The molecule has 3 nitrogen and oxygen atoms in total. The van der Waals surface area contributed by atoms with E-state index >= 15 is 0 Å². The Labute approximate surface area is 211 Å². The predicted octanol–water partition coefficient (Wildman–Crippen LogP) is 8.92. The first-order valence-electron chi connectivity index (χ1n) is 14.7. The molecular formula is C31H55NO2. The molecule has 0 aliphatic rings.